The number of thiophene rings is 1. The zero-order chi connectivity index (χ0) is 13.2. The Morgan fingerprint density at radius 1 is 1.42 bits per heavy atom. The zero-order valence-corrected chi connectivity index (χ0v) is 12.3. The molecule has 2 aliphatic heterocycles. The number of likely N-dealkylation sites (tertiary alicyclic amines) is 1. The van der Waals surface area contributed by atoms with E-state index < -0.39 is 0 Å². The molecule has 2 saturated heterocycles. The third-order valence-electron chi connectivity index (χ3n) is 4.44. The van der Waals surface area contributed by atoms with Crippen molar-refractivity contribution in [3.05, 3.63) is 22.4 Å². The van der Waals surface area contributed by atoms with E-state index in [0.29, 0.717) is 17.9 Å². The Morgan fingerprint density at radius 3 is 3.05 bits per heavy atom. The minimum Gasteiger partial charge on any atom is -0.333 e. The molecular formula is C15H22N2OS. The molecule has 0 aliphatic carbocycles. The number of carbonyl (C=O) groups is 1. The second kappa shape index (κ2) is 5.63. The van der Waals surface area contributed by atoms with Crippen LogP contribution in [0.5, 0.6) is 0 Å². The van der Waals surface area contributed by atoms with Gasteiger partial charge in [0.1, 0.15) is 0 Å². The summed E-state index contributed by atoms with van der Waals surface area (Å²) in [6, 6.07) is 4.61. The Hall–Kier alpha value is -0.870. The van der Waals surface area contributed by atoms with E-state index in [1.54, 1.807) is 11.3 Å². The summed E-state index contributed by atoms with van der Waals surface area (Å²) in [7, 11) is 0. The highest BCUT2D eigenvalue weighted by Crippen LogP contribution is 2.35. The van der Waals surface area contributed by atoms with Crippen molar-refractivity contribution in [2.24, 2.45) is 5.92 Å². The summed E-state index contributed by atoms with van der Waals surface area (Å²) in [5, 5.41) is 5.53. The van der Waals surface area contributed by atoms with E-state index >= 15 is 0 Å². The van der Waals surface area contributed by atoms with Gasteiger partial charge in [-0.3, -0.25) is 4.79 Å². The van der Waals surface area contributed by atoms with E-state index in [9.17, 15) is 4.79 Å². The van der Waals surface area contributed by atoms with Crippen LogP contribution < -0.4 is 5.32 Å². The molecule has 3 unspecified atom stereocenters. The largest absolute Gasteiger partial charge is 0.333 e. The van der Waals surface area contributed by atoms with Crippen LogP contribution in [0.25, 0.3) is 0 Å². The van der Waals surface area contributed by atoms with E-state index in [-0.39, 0.29) is 6.04 Å². The minimum absolute atomic E-state index is 0.0364. The predicted octanol–water partition coefficient (Wildman–Crippen LogP) is 2.80. The van der Waals surface area contributed by atoms with Gasteiger partial charge in [-0.15, -0.1) is 11.3 Å². The van der Waals surface area contributed by atoms with Gasteiger partial charge in [0.2, 0.25) is 5.91 Å². The molecular weight excluding hydrogens is 256 g/mol. The van der Waals surface area contributed by atoms with Gasteiger partial charge in [-0.25, -0.2) is 0 Å². The van der Waals surface area contributed by atoms with Gasteiger partial charge in [0.15, 0.2) is 0 Å². The number of hydrogen-bond donors (Lipinski definition) is 1. The van der Waals surface area contributed by atoms with Gasteiger partial charge >= 0.3 is 0 Å². The van der Waals surface area contributed by atoms with Gasteiger partial charge in [0.25, 0.3) is 0 Å². The number of rotatable bonds is 2. The number of piperidine rings is 1. The van der Waals surface area contributed by atoms with Crippen LogP contribution >= 0.6 is 11.3 Å². The number of carbonyl (C=O) groups excluding carboxylic acids is 1. The summed E-state index contributed by atoms with van der Waals surface area (Å²) in [5.74, 6) is 0.786. The van der Waals surface area contributed by atoms with E-state index in [0.717, 1.165) is 25.9 Å². The van der Waals surface area contributed by atoms with Crippen molar-refractivity contribution in [3.8, 4) is 0 Å². The lowest BCUT2D eigenvalue weighted by atomic mass is 9.91. The zero-order valence-electron chi connectivity index (χ0n) is 11.5. The molecule has 0 saturated carbocycles. The minimum atomic E-state index is 0.0364. The van der Waals surface area contributed by atoms with Crippen LogP contribution in [0.1, 0.15) is 43.5 Å². The fourth-order valence-electron chi connectivity index (χ4n) is 3.37. The topological polar surface area (TPSA) is 32.3 Å². The van der Waals surface area contributed by atoms with Crippen LogP contribution in [0.2, 0.25) is 0 Å². The Bertz CT molecular complexity index is 431. The van der Waals surface area contributed by atoms with Crippen molar-refractivity contribution in [3.63, 3.8) is 0 Å². The van der Waals surface area contributed by atoms with Crippen molar-refractivity contribution >= 4 is 17.2 Å². The summed E-state index contributed by atoms with van der Waals surface area (Å²) in [6.45, 7) is 4.11. The fraction of sp³-hybridized carbons (Fsp3) is 0.667. The van der Waals surface area contributed by atoms with Gasteiger partial charge in [-0.05, 0) is 49.6 Å². The number of nitrogens with one attached hydrogen (secondary N) is 1. The molecule has 104 valence electrons. The smallest absolute Gasteiger partial charge is 0.240 e. The van der Waals surface area contributed by atoms with Gasteiger partial charge in [0, 0.05) is 11.4 Å². The van der Waals surface area contributed by atoms with Crippen molar-refractivity contribution in [2.75, 3.05) is 13.1 Å². The fourth-order valence-corrected chi connectivity index (χ4v) is 4.24. The molecule has 2 fully saturated rings. The summed E-state index contributed by atoms with van der Waals surface area (Å²) in [6.07, 6.45) is 4.61. The average molecular weight is 278 g/mol. The molecule has 2 aliphatic rings. The Kier molecular flexibility index (Phi) is 3.89. The highest BCUT2D eigenvalue weighted by molar-refractivity contribution is 7.10. The van der Waals surface area contributed by atoms with Crippen LogP contribution in [0.15, 0.2) is 17.5 Å². The maximum Gasteiger partial charge on any atom is 0.240 e. The van der Waals surface area contributed by atoms with Crippen LogP contribution in [0.3, 0.4) is 0 Å². The highest BCUT2D eigenvalue weighted by atomic mass is 32.1. The third-order valence-corrected chi connectivity index (χ3v) is 5.42. The average Bonchev–Trinajstić information content (AvgIpc) is 3.09. The molecule has 0 aromatic carbocycles. The quantitative estimate of drug-likeness (QED) is 0.902. The Morgan fingerprint density at radius 2 is 2.32 bits per heavy atom. The molecule has 19 heavy (non-hydrogen) atoms. The maximum atomic E-state index is 12.8. The molecule has 3 rings (SSSR count). The lowest BCUT2D eigenvalue weighted by molar-refractivity contribution is -0.136. The molecule has 4 heteroatoms. The first-order valence-electron chi connectivity index (χ1n) is 7.34. The van der Waals surface area contributed by atoms with E-state index in [4.69, 9.17) is 0 Å². The monoisotopic (exact) mass is 278 g/mol. The number of amides is 1. The third kappa shape index (κ3) is 2.56. The standard InChI is InChI=1S/C15H22N2OS/c1-11-5-2-8-16-14(11)15(18)17-9-3-6-12(17)13-7-4-10-19-13/h4,7,10-12,14,16H,2-3,5-6,8-9H2,1H3. The molecule has 0 radical (unpaired) electrons. The first kappa shape index (κ1) is 13.1. The van der Waals surface area contributed by atoms with Crippen LogP contribution in [0, 0.1) is 5.92 Å². The second-order valence-electron chi connectivity index (χ2n) is 5.76. The highest BCUT2D eigenvalue weighted by Gasteiger charge is 2.37. The summed E-state index contributed by atoms with van der Waals surface area (Å²) >= 11 is 1.77. The van der Waals surface area contributed by atoms with E-state index in [2.05, 4.69) is 34.7 Å². The van der Waals surface area contributed by atoms with Crippen molar-refractivity contribution in [1.82, 2.24) is 10.2 Å². The Labute approximate surface area is 119 Å². The van der Waals surface area contributed by atoms with Crippen LogP contribution in [-0.2, 0) is 4.79 Å². The van der Waals surface area contributed by atoms with E-state index in [1.165, 1.54) is 17.7 Å². The lowest BCUT2D eigenvalue weighted by Crippen LogP contribution is -2.52. The summed E-state index contributed by atoms with van der Waals surface area (Å²) in [5.41, 5.74) is 0. The van der Waals surface area contributed by atoms with Gasteiger partial charge in [0.05, 0.1) is 12.1 Å². The molecule has 0 bridgehead atoms. The second-order valence-corrected chi connectivity index (χ2v) is 6.74. The van der Waals surface area contributed by atoms with Crippen molar-refractivity contribution in [2.45, 2.75) is 44.7 Å². The lowest BCUT2D eigenvalue weighted by Gasteiger charge is -2.34. The predicted molar refractivity (Wildman–Crippen MR) is 78.2 cm³/mol. The molecule has 3 atom stereocenters. The number of hydrogen-bond acceptors (Lipinski definition) is 3. The molecule has 1 N–H and O–H groups in total. The van der Waals surface area contributed by atoms with Gasteiger partial charge in [-0.2, -0.15) is 0 Å². The van der Waals surface area contributed by atoms with Crippen molar-refractivity contribution in [1.29, 1.82) is 0 Å². The molecule has 1 aromatic heterocycles. The van der Waals surface area contributed by atoms with Gasteiger partial charge in [-0.1, -0.05) is 13.0 Å². The van der Waals surface area contributed by atoms with Crippen LogP contribution in [-0.4, -0.2) is 29.9 Å². The molecule has 1 amide bonds. The Balaban J connectivity index is 1.75. The molecule has 3 nitrogen and oxygen atoms in total. The molecule has 1 aromatic rings. The summed E-state index contributed by atoms with van der Waals surface area (Å²) < 4.78 is 0. The SMILES string of the molecule is CC1CCCNC1C(=O)N1CCCC1c1cccs1. The summed E-state index contributed by atoms with van der Waals surface area (Å²) in [4.78, 5) is 16.2. The van der Waals surface area contributed by atoms with Gasteiger partial charge < -0.3 is 10.2 Å². The first-order valence-corrected chi connectivity index (χ1v) is 8.22. The van der Waals surface area contributed by atoms with E-state index in [1.807, 2.05) is 0 Å². The maximum absolute atomic E-state index is 12.8. The van der Waals surface area contributed by atoms with Crippen molar-refractivity contribution < 1.29 is 4.79 Å². The van der Waals surface area contributed by atoms with Crippen LogP contribution in [0.4, 0.5) is 0 Å². The normalized spacial score (nSPS) is 31.6. The number of nitrogens with zero attached hydrogens (tertiary/aromatic N) is 1. The first-order chi connectivity index (χ1) is 9.27. The molecule has 0 spiro atoms. The molecule has 3 heterocycles.